The molecule has 0 radical (unpaired) electrons. The first kappa shape index (κ1) is 21.8. The Hall–Kier alpha value is -4.40. The molecule has 2 aromatic carbocycles. The van der Waals surface area contributed by atoms with Gasteiger partial charge in [0.25, 0.3) is 17.7 Å². The van der Waals surface area contributed by atoms with E-state index in [0.717, 1.165) is 4.90 Å². The van der Waals surface area contributed by atoms with Gasteiger partial charge in [0.1, 0.15) is 17.1 Å². The number of hydrogen-bond acceptors (Lipinski definition) is 7. The Bertz CT molecular complexity index is 1180. The van der Waals surface area contributed by atoms with Gasteiger partial charge in [-0.05, 0) is 42.0 Å². The number of esters is 1. The highest BCUT2D eigenvalue weighted by molar-refractivity contribution is 6.21. The van der Waals surface area contributed by atoms with E-state index in [1.54, 1.807) is 48.5 Å². The van der Waals surface area contributed by atoms with Crippen LogP contribution in [0.5, 0.6) is 5.75 Å². The Balaban J connectivity index is 1.42. The number of ether oxygens (including phenoxy) is 2. The Kier molecular flexibility index (Phi) is 6.21. The highest BCUT2D eigenvalue weighted by Crippen LogP contribution is 2.26. The summed E-state index contributed by atoms with van der Waals surface area (Å²) in [6, 6.07) is 14.7. The fourth-order valence-corrected chi connectivity index (χ4v) is 3.44. The van der Waals surface area contributed by atoms with Crippen LogP contribution in [0.25, 0.3) is 0 Å². The monoisotopic (exact) mass is 448 g/mol. The summed E-state index contributed by atoms with van der Waals surface area (Å²) in [6.45, 7) is -0.353. The second-order valence-electron chi connectivity index (χ2n) is 7.21. The number of nitrogens with zero attached hydrogens (tertiary/aromatic N) is 1. The van der Waals surface area contributed by atoms with E-state index in [1.165, 1.54) is 19.4 Å². The molecule has 0 atom stereocenters. The third-order valence-corrected chi connectivity index (χ3v) is 5.08. The van der Waals surface area contributed by atoms with Crippen LogP contribution in [-0.4, -0.2) is 42.3 Å². The summed E-state index contributed by atoms with van der Waals surface area (Å²) in [5, 5.41) is 2.58. The summed E-state index contributed by atoms with van der Waals surface area (Å²) >= 11 is 0. The highest BCUT2D eigenvalue weighted by Gasteiger charge is 2.35. The van der Waals surface area contributed by atoms with E-state index in [-0.39, 0.29) is 24.4 Å². The van der Waals surface area contributed by atoms with Crippen molar-refractivity contribution in [2.75, 3.05) is 13.7 Å². The normalized spacial score (nSPS) is 12.5. The molecule has 9 heteroatoms. The van der Waals surface area contributed by atoms with Gasteiger partial charge in [-0.2, -0.15) is 0 Å². The maximum Gasteiger partial charge on any atom is 0.342 e. The van der Waals surface area contributed by atoms with E-state index in [4.69, 9.17) is 13.9 Å². The molecule has 1 aromatic heterocycles. The number of amides is 3. The zero-order chi connectivity index (χ0) is 23.4. The van der Waals surface area contributed by atoms with Crippen LogP contribution in [0.3, 0.4) is 0 Å². The van der Waals surface area contributed by atoms with Crippen molar-refractivity contribution in [1.82, 2.24) is 10.2 Å². The number of hydrogen-bond donors (Lipinski definition) is 1. The van der Waals surface area contributed by atoms with Crippen LogP contribution in [0.2, 0.25) is 0 Å². The summed E-state index contributed by atoms with van der Waals surface area (Å²) in [6.07, 6.45) is 1.49. The van der Waals surface area contributed by atoms with Crippen molar-refractivity contribution < 1.29 is 33.1 Å². The standard InChI is InChI=1S/C24H20N2O7/c1-31-20-9-8-15(13-26-22(28)17-6-2-3-7-18(17)23(26)29)11-19(20)24(30)33-14-21(27)25-12-16-5-4-10-32-16/h2-11H,12-14H2,1H3,(H,25,27). The molecule has 0 saturated heterocycles. The Morgan fingerprint density at radius 2 is 1.73 bits per heavy atom. The lowest BCUT2D eigenvalue weighted by Crippen LogP contribution is -2.29. The molecule has 0 saturated carbocycles. The topological polar surface area (TPSA) is 115 Å². The minimum atomic E-state index is -0.774. The third-order valence-electron chi connectivity index (χ3n) is 5.08. The van der Waals surface area contributed by atoms with E-state index in [0.29, 0.717) is 22.5 Å². The number of imide groups is 1. The first-order valence-corrected chi connectivity index (χ1v) is 10.1. The molecule has 0 bridgehead atoms. The van der Waals surface area contributed by atoms with E-state index in [2.05, 4.69) is 5.32 Å². The van der Waals surface area contributed by atoms with Crippen molar-refractivity contribution in [3.05, 3.63) is 88.9 Å². The molecule has 1 aliphatic heterocycles. The third kappa shape index (κ3) is 4.62. The Labute approximate surface area is 188 Å². The summed E-state index contributed by atoms with van der Waals surface area (Å²) in [5.41, 5.74) is 1.29. The molecule has 0 unspecified atom stereocenters. The Morgan fingerprint density at radius 3 is 2.36 bits per heavy atom. The molecule has 3 amide bonds. The van der Waals surface area contributed by atoms with E-state index >= 15 is 0 Å². The van der Waals surface area contributed by atoms with Gasteiger partial charge in [-0.1, -0.05) is 18.2 Å². The van der Waals surface area contributed by atoms with Crippen LogP contribution >= 0.6 is 0 Å². The average molecular weight is 448 g/mol. The van der Waals surface area contributed by atoms with Gasteiger partial charge in [0.2, 0.25) is 0 Å². The fourth-order valence-electron chi connectivity index (χ4n) is 3.44. The van der Waals surface area contributed by atoms with Gasteiger partial charge in [-0.25, -0.2) is 4.79 Å². The number of carbonyl (C=O) groups excluding carboxylic acids is 4. The Morgan fingerprint density at radius 1 is 1.00 bits per heavy atom. The molecule has 0 aliphatic carbocycles. The van der Waals surface area contributed by atoms with Gasteiger partial charge in [-0.15, -0.1) is 0 Å². The largest absolute Gasteiger partial charge is 0.496 e. The minimum absolute atomic E-state index is 0.0275. The zero-order valence-corrected chi connectivity index (χ0v) is 17.7. The molecule has 0 fully saturated rings. The number of rotatable bonds is 8. The fraction of sp³-hybridized carbons (Fsp3) is 0.167. The predicted octanol–water partition coefficient (Wildman–Crippen LogP) is 2.56. The minimum Gasteiger partial charge on any atom is -0.496 e. The van der Waals surface area contributed by atoms with E-state index in [1.807, 2.05) is 0 Å². The summed E-state index contributed by atoms with van der Waals surface area (Å²) in [5.74, 6) is -1.27. The molecular weight excluding hydrogens is 428 g/mol. The molecule has 168 valence electrons. The quantitative estimate of drug-likeness (QED) is 0.416. The van der Waals surface area contributed by atoms with E-state index in [9.17, 15) is 19.2 Å². The number of methoxy groups -OCH3 is 1. The lowest BCUT2D eigenvalue weighted by Gasteiger charge is -2.16. The molecular formula is C24H20N2O7. The summed E-state index contributed by atoms with van der Waals surface area (Å²) in [4.78, 5) is 50.9. The summed E-state index contributed by atoms with van der Waals surface area (Å²) < 4.78 is 15.5. The average Bonchev–Trinajstić information content (AvgIpc) is 3.44. The number of furan rings is 1. The van der Waals surface area contributed by atoms with Crippen LogP contribution in [0.4, 0.5) is 0 Å². The van der Waals surface area contributed by atoms with Crippen molar-refractivity contribution >= 4 is 23.7 Å². The first-order chi connectivity index (χ1) is 16.0. The zero-order valence-electron chi connectivity index (χ0n) is 17.7. The number of fused-ring (bicyclic) bond motifs is 1. The number of benzene rings is 2. The molecule has 1 aliphatic rings. The maximum absolute atomic E-state index is 12.6. The van der Waals surface area contributed by atoms with Gasteiger partial charge in [-0.3, -0.25) is 19.3 Å². The predicted molar refractivity (Wildman–Crippen MR) is 114 cm³/mol. The van der Waals surface area contributed by atoms with Crippen LogP contribution in [0.1, 0.15) is 42.4 Å². The van der Waals surface area contributed by atoms with E-state index < -0.39 is 30.3 Å². The molecule has 4 rings (SSSR count). The lowest BCUT2D eigenvalue weighted by molar-refractivity contribution is -0.124. The van der Waals surface area contributed by atoms with Crippen LogP contribution in [0, 0.1) is 0 Å². The van der Waals surface area contributed by atoms with Crippen molar-refractivity contribution in [3.63, 3.8) is 0 Å². The molecule has 33 heavy (non-hydrogen) atoms. The van der Waals surface area contributed by atoms with Crippen molar-refractivity contribution in [3.8, 4) is 5.75 Å². The molecule has 2 heterocycles. The maximum atomic E-state index is 12.6. The van der Waals surface area contributed by atoms with Gasteiger partial charge >= 0.3 is 5.97 Å². The van der Waals surface area contributed by atoms with Crippen LogP contribution in [0.15, 0.2) is 65.3 Å². The molecule has 3 aromatic rings. The second-order valence-corrected chi connectivity index (χ2v) is 7.21. The lowest BCUT2D eigenvalue weighted by atomic mass is 10.1. The molecule has 9 nitrogen and oxygen atoms in total. The van der Waals surface area contributed by atoms with Crippen molar-refractivity contribution in [1.29, 1.82) is 0 Å². The second kappa shape index (κ2) is 9.39. The van der Waals surface area contributed by atoms with Crippen molar-refractivity contribution in [2.45, 2.75) is 13.1 Å². The van der Waals surface area contributed by atoms with Crippen LogP contribution < -0.4 is 10.1 Å². The van der Waals surface area contributed by atoms with Gasteiger partial charge in [0, 0.05) is 0 Å². The van der Waals surface area contributed by atoms with Gasteiger partial charge in [0.15, 0.2) is 6.61 Å². The summed E-state index contributed by atoms with van der Waals surface area (Å²) in [7, 11) is 1.39. The number of carbonyl (C=O) groups is 4. The number of nitrogens with one attached hydrogen (secondary N) is 1. The van der Waals surface area contributed by atoms with Crippen LogP contribution in [-0.2, 0) is 22.6 Å². The smallest absolute Gasteiger partial charge is 0.342 e. The SMILES string of the molecule is COc1ccc(CN2C(=O)c3ccccc3C2=O)cc1C(=O)OCC(=O)NCc1ccco1. The first-order valence-electron chi connectivity index (χ1n) is 10.1. The molecule has 1 N–H and O–H groups in total. The van der Waals surface area contributed by atoms with Gasteiger partial charge in [0.05, 0.1) is 37.6 Å². The van der Waals surface area contributed by atoms with Gasteiger partial charge < -0.3 is 19.2 Å². The molecule has 0 spiro atoms. The van der Waals surface area contributed by atoms with Crippen molar-refractivity contribution in [2.24, 2.45) is 0 Å². The highest BCUT2D eigenvalue weighted by atomic mass is 16.5.